The summed E-state index contributed by atoms with van der Waals surface area (Å²) in [4.78, 5) is 14.2. The number of ketones is 1. The Bertz CT molecular complexity index is 495. The minimum absolute atomic E-state index is 0.0841. The Balaban J connectivity index is 2.82. The Kier molecular flexibility index (Phi) is 6.30. The number of nitrogens with zero attached hydrogens (tertiary/aromatic N) is 2. The minimum atomic E-state index is -0.0841. The van der Waals surface area contributed by atoms with Crippen LogP contribution in [0.3, 0.4) is 0 Å². The molecule has 0 saturated carbocycles. The molecule has 1 aromatic carbocycles. The van der Waals surface area contributed by atoms with Crippen molar-refractivity contribution >= 4 is 29.0 Å². The van der Waals surface area contributed by atoms with Gasteiger partial charge in [-0.25, -0.2) is 0 Å². The Labute approximate surface area is 123 Å². The summed E-state index contributed by atoms with van der Waals surface area (Å²) >= 11 is 11.9. The molecule has 5 heteroatoms. The number of Topliss-reactive ketones (excluding diaryl/α,β-unsaturated/α-hetero) is 1. The van der Waals surface area contributed by atoms with Crippen LogP contribution in [0.2, 0.25) is 10.0 Å². The molecule has 0 heterocycles. The summed E-state index contributed by atoms with van der Waals surface area (Å²) in [7, 11) is 0. The lowest BCUT2D eigenvalue weighted by molar-refractivity contribution is 0.0908. The maximum atomic E-state index is 12.2. The van der Waals surface area contributed by atoms with Crippen LogP contribution in [-0.2, 0) is 0 Å². The topological polar surface area (TPSA) is 44.1 Å². The first-order valence-corrected chi connectivity index (χ1v) is 6.80. The van der Waals surface area contributed by atoms with Crippen LogP contribution < -0.4 is 0 Å². The maximum absolute atomic E-state index is 12.2. The van der Waals surface area contributed by atoms with Crippen molar-refractivity contribution in [3.63, 3.8) is 0 Å². The first-order valence-electron chi connectivity index (χ1n) is 6.05. The van der Waals surface area contributed by atoms with Gasteiger partial charge in [0.1, 0.15) is 0 Å². The van der Waals surface area contributed by atoms with Gasteiger partial charge in [-0.3, -0.25) is 9.69 Å². The van der Waals surface area contributed by atoms with Crippen molar-refractivity contribution < 1.29 is 4.79 Å². The lowest BCUT2D eigenvalue weighted by Crippen LogP contribution is -2.36. The molecule has 0 saturated heterocycles. The fourth-order valence-electron chi connectivity index (χ4n) is 1.69. The van der Waals surface area contributed by atoms with E-state index in [1.165, 1.54) is 0 Å². The second kappa shape index (κ2) is 7.49. The van der Waals surface area contributed by atoms with Gasteiger partial charge in [-0.05, 0) is 32.0 Å². The summed E-state index contributed by atoms with van der Waals surface area (Å²) in [6.07, 6.45) is 0.398. The van der Waals surface area contributed by atoms with Gasteiger partial charge in [-0.15, -0.1) is 0 Å². The standard InChI is InChI=1S/C14H16Cl2N2O/c1-10(2)18(7-3-6-17)9-14(19)12-8-11(15)4-5-13(12)16/h4-5,8,10H,3,7,9H2,1-2H3. The minimum Gasteiger partial charge on any atom is -0.293 e. The van der Waals surface area contributed by atoms with Gasteiger partial charge in [-0.1, -0.05) is 23.2 Å². The summed E-state index contributed by atoms with van der Waals surface area (Å²) in [6.45, 7) is 4.78. The van der Waals surface area contributed by atoms with Crippen LogP contribution in [0, 0.1) is 11.3 Å². The zero-order valence-corrected chi connectivity index (χ0v) is 12.5. The third-order valence-electron chi connectivity index (χ3n) is 2.82. The van der Waals surface area contributed by atoms with Crippen LogP contribution in [0.5, 0.6) is 0 Å². The molecule has 0 aliphatic carbocycles. The normalized spacial score (nSPS) is 10.8. The molecule has 102 valence electrons. The molecule has 0 aromatic heterocycles. The fourth-order valence-corrected chi connectivity index (χ4v) is 2.09. The molecule has 0 unspecified atom stereocenters. The summed E-state index contributed by atoms with van der Waals surface area (Å²) < 4.78 is 0. The van der Waals surface area contributed by atoms with Crippen molar-refractivity contribution in [2.45, 2.75) is 26.3 Å². The molecule has 19 heavy (non-hydrogen) atoms. The van der Waals surface area contributed by atoms with Crippen molar-refractivity contribution in [3.05, 3.63) is 33.8 Å². The molecule has 0 spiro atoms. The summed E-state index contributed by atoms with van der Waals surface area (Å²) in [6, 6.07) is 7.12. The first-order chi connectivity index (χ1) is 8.95. The molecule has 0 fully saturated rings. The van der Waals surface area contributed by atoms with Gasteiger partial charge in [0.15, 0.2) is 5.78 Å². The summed E-state index contributed by atoms with van der Waals surface area (Å²) in [5.74, 6) is -0.0841. The van der Waals surface area contributed by atoms with Crippen molar-refractivity contribution in [3.8, 4) is 6.07 Å². The van der Waals surface area contributed by atoms with Gasteiger partial charge in [-0.2, -0.15) is 5.26 Å². The van der Waals surface area contributed by atoms with Gasteiger partial charge in [0, 0.05) is 29.6 Å². The van der Waals surface area contributed by atoms with E-state index in [1.54, 1.807) is 18.2 Å². The molecule has 0 bridgehead atoms. The fraction of sp³-hybridized carbons (Fsp3) is 0.429. The number of rotatable bonds is 6. The third-order valence-corrected chi connectivity index (χ3v) is 3.38. The molecule has 0 radical (unpaired) electrons. The molecule has 0 N–H and O–H groups in total. The van der Waals surface area contributed by atoms with E-state index in [9.17, 15) is 4.79 Å². The van der Waals surface area contributed by atoms with Gasteiger partial charge >= 0.3 is 0 Å². The van der Waals surface area contributed by atoms with E-state index < -0.39 is 0 Å². The van der Waals surface area contributed by atoms with E-state index in [-0.39, 0.29) is 18.4 Å². The maximum Gasteiger partial charge on any atom is 0.178 e. The lowest BCUT2D eigenvalue weighted by Gasteiger charge is -2.24. The molecule has 1 aromatic rings. The second-order valence-electron chi connectivity index (χ2n) is 4.52. The Hall–Kier alpha value is -1.08. The number of benzene rings is 1. The quantitative estimate of drug-likeness (QED) is 0.750. The van der Waals surface area contributed by atoms with Crippen LogP contribution in [0.4, 0.5) is 0 Å². The number of nitriles is 1. The zero-order chi connectivity index (χ0) is 14.4. The van der Waals surface area contributed by atoms with Gasteiger partial charge in [0.2, 0.25) is 0 Å². The molecule has 0 aliphatic rings. The molecule has 0 aliphatic heterocycles. The number of hydrogen-bond donors (Lipinski definition) is 0. The predicted octanol–water partition coefficient (Wildman–Crippen LogP) is 3.80. The van der Waals surface area contributed by atoms with Crippen LogP contribution >= 0.6 is 23.2 Å². The molecule has 0 amide bonds. The van der Waals surface area contributed by atoms with Crippen LogP contribution in [0.25, 0.3) is 0 Å². The number of carbonyl (C=O) groups is 1. The Morgan fingerprint density at radius 3 is 2.68 bits per heavy atom. The van der Waals surface area contributed by atoms with Crippen molar-refractivity contribution in [2.24, 2.45) is 0 Å². The molecule has 1 rings (SSSR count). The van der Waals surface area contributed by atoms with E-state index in [0.717, 1.165) is 0 Å². The predicted molar refractivity (Wildman–Crippen MR) is 77.7 cm³/mol. The summed E-state index contributed by atoms with van der Waals surface area (Å²) in [5.41, 5.74) is 0.428. The van der Waals surface area contributed by atoms with E-state index in [2.05, 4.69) is 6.07 Å². The molecular formula is C14H16Cl2N2O. The average molecular weight is 299 g/mol. The third kappa shape index (κ3) is 4.83. The van der Waals surface area contributed by atoms with Gasteiger partial charge < -0.3 is 0 Å². The van der Waals surface area contributed by atoms with Gasteiger partial charge in [0.05, 0.1) is 17.6 Å². The first kappa shape index (κ1) is 16.0. The molecule has 0 atom stereocenters. The SMILES string of the molecule is CC(C)N(CCC#N)CC(=O)c1cc(Cl)ccc1Cl. The van der Waals surface area contributed by atoms with E-state index in [4.69, 9.17) is 28.5 Å². The molecular weight excluding hydrogens is 283 g/mol. The number of halogens is 2. The zero-order valence-electron chi connectivity index (χ0n) is 11.0. The highest BCUT2D eigenvalue weighted by Crippen LogP contribution is 2.21. The highest BCUT2D eigenvalue weighted by Gasteiger charge is 2.17. The van der Waals surface area contributed by atoms with Crippen molar-refractivity contribution in [2.75, 3.05) is 13.1 Å². The van der Waals surface area contributed by atoms with E-state index >= 15 is 0 Å². The lowest BCUT2D eigenvalue weighted by atomic mass is 10.1. The largest absolute Gasteiger partial charge is 0.293 e. The summed E-state index contributed by atoms with van der Waals surface area (Å²) in [5, 5.41) is 9.52. The van der Waals surface area contributed by atoms with Crippen LogP contribution in [0.15, 0.2) is 18.2 Å². The van der Waals surface area contributed by atoms with Crippen LogP contribution in [-0.4, -0.2) is 29.8 Å². The van der Waals surface area contributed by atoms with Gasteiger partial charge in [0.25, 0.3) is 0 Å². The average Bonchev–Trinajstić information content (AvgIpc) is 2.36. The highest BCUT2D eigenvalue weighted by atomic mass is 35.5. The van der Waals surface area contributed by atoms with E-state index in [0.29, 0.717) is 28.6 Å². The number of hydrogen-bond acceptors (Lipinski definition) is 3. The van der Waals surface area contributed by atoms with Crippen molar-refractivity contribution in [1.82, 2.24) is 4.90 Å². The highest BCUT2D eigenvalue weighted by molar-refractivity contribution is 6.36. The second-order valence-corrected chi connectivity index (χ2v) is 5.36. The molecule has 3 nitrogen and oxygen atoms in total. The van der Waals surface area contributed by atoms with E-state index in [1.807, 2.05) is 18.7 Å². The Morgan fingerprint density at radius 1 is 1.42 bits per heavy atom. The monoisotopic (exact) mass is 298 g/mol. The van der Waals surface area contributed by atoms with Crippen LogP contribution in [0.1, 0.15) is 30.6 Å². The smallest absolute Gasteiger partial charge is 0.178 e. The Morgan fingerprint density at radius 2 is 2.11 bits per heavy atom. The number of carbonyl (C=O) groups excluding carboxylic acids is 1. The van der Waals surface area contributed by atoms with Crippen molar-refractivity contribution in [1.29, 1.82) is 5.26 Å².